The topological polar surface area (TPSA) is 37.8 Å². The summed E-state index contributed by atoms with van der Waals surface area (Å²) in [7, 11) is 0. The van der Waals surface area contributed by atoms with Gasteiger partial charge in [0.25, 0.3) is 0 Å². The molecule has 4 heteroatoms. The predicted molar refractivity (Wildman–Crippen MR) is 76.7 cm³/mol. The first-order valence-corrected chi connectivity index (χ1v) is 7.82. The zero-order chi connectivity index (χ0) is 12.5. The van der Waals surface area contributed by atoms with Crippen LogP contribution in [0, 0.1) is 5.92 Å². The largest absolute Gasteiger partial charge is 0.367 e. The smallest absolute Gasteiger partial charge is 0.135 e. The van der Waals surface area contributed by atoms with E-state index in [9.17, 15) is 0 Å². The second-order valence-electron chi connectivity index (χ2n) is 5.69. The van der Waals surface area contributed by atoms with Gasteiger partial charge >= 0.3 is 0 Å². The fourth-order valence-corrected chi connectivity index (χ4v) is 3.24. The van der Waals surface area contributed by atoms with Crippen molar-refractivity contribution in [2.75, 3.05) is 5.32 Å². The molecule has 0 amide bonds. The molecule has 0 spiro atoms. The minimum Gasteiger partial charge on any atom is -0.367 e. The normalized spacial score (nSPS) is 22.1. The van der Waals surface area contributed by atoms with Gasteiger partial charge in [-0.3, -0.25) is 0 Å². The third-order valence-corrected chi connectivity index (χ3v) is 4.54. The average Bonchev–Trinajstić information content (AvgIpc) is 3.03. The number of hydrogen-bond acceptors (Lipinski definition) is 3. The summed E-state index contributed by atoms with van der Waals surface area (Å²) in [5.41, 5.74) is 0. The summed E-state index contributed by atoms with van der Waals surface area (Å²) >= 11 is 3.49. The van der Waals surface area contributed by atoms with Crippen LogP contribution in [0.25, 0.3) is 0 Å². The monoisotopic (exact) mass is 309 g/mol. The molecule has 1 heterocycles. The molecule has 1 aromatic heterocycles. The summed E-state index contributed by atoms with van der Waals surface area (Å²) in [6, 6.07) is 2.51. The molecule has 1 N–H and O–H groups in total. The van der Waals surface area contributed by atoms with E-state index in [4.69, 9.17) is 0 Å². The molecule has 0 aliphatic heterocycles. The molecule has 2 aliphatic carbocycles. The van der Waals surface area contributed by atoms with E-state index in [2.05, 4.69) is 38.1 Å². The molecule has 0 aromatic carbocycles. The molecular weight excluding hydrogens is 290 g/mol. The van der Waals surface area contributed by atoms with Crippen LogP contribution in [-0.4, -0.2) is 16.0 Å². The average molecular weight is 310 g/mol. The second-order valence-corrected chi connectivity index (χ2v) is 6.50. The first-order valence-electron chi connectivity index (χ1n) is 7.03. The van der Waals surface area contributed by atoms with Crippen molar-refractivity contribution in [1.29, 1.82) is 0 Å². The lowest BCUT2D eigenvalue weighted by atomic mass is 10.00. The zero-order valence-corrected chi connectivity index (χ0v) is 12.4. The van der Waals surface area contributed by atoms with E-state index < -0.39 is 0 Å². The van der Waals surface area contributed by atoms with Crippen molar-refractivity contribution in [2.24, 2.45) is 5.92 Å². The molecule has 2 fully saturated rings. The maximum atomic E-state index is 4.65. The van der Waals surface area contributed by atoms with E-state index in [0.29, 0.717) is 12.0 Å². The summed E-state index contributed by atoms with van der Waals surface area (Å²) in [6.45, 7) is 2.28. The number of nitrogens with zero attached hydrogens (tertiary/aromatic N) is 2. The third-order valence-electron chi connectivity index (χ3n) is 4.14. The van der Waals surface area contributed by atoms with Crippen LogP contribution in [0.3, 0.4) is 0 Å². The summed E-state index contributed by atoms with van der Waals surface area (Å²) in [6.07, 6.45) is 7.98. The highest BCUT2D eigenvalue weighted by Crippen LogP contribution is 2.39. The first kappa shape index (κ1) is 12.4. The van der Waals surface area contributed by atoms with Gasteiger partial charge in [0.15, 0.2) is 0 Å². The molecule has 98 valence electrons. The zero-order valence-electron chi connectivity index (χ0n) is 10.8. The Balaban J connectivity index is 1.70. The number of nitrogens with one attached hydrogen (secondary N) is 1. The lowest BCUT2D eigenvalue weighted by molar-refractivity contribution is 0.481. The molecule has 18 heavy (non-hydrogen) atoms. The van der Waals surface area contributed by atoms with Crippen molar-refractivity contribution in [3.63, 3.8) is 0 Å². The first-order chi connectivity index (χ1) is 8.72. The summed E-state index contributed by atoms with van der Waals surface area (Å²) < 4.78 is 0.903. The molecular formula is C14H20BrN3. The fraction of sp³-hybridized carbons (Fsp3) is 0.714. The minimum absolute atomic E-state index is 0.515. The van der Waals surface area contributed by atoms with Gasteiger partial charge in [0.2, 0.25) is 0 Å². The van der Waals surface area contributed by atoms with Crippen LogP contribution >= 0.6 is 15.9 Å². The SMILES string of the molecule is CC(Nc1cc(Br)nc(C2CC2)n1)C1CCCC1. The highest BCUT2D eigenvalue weighted by Gasteiger charge is 2.28. The van der Waals surface area contributed by atoms with Gasteiger partial charge in [-0.2, -0.15) is 0 Å². The Bertz CT molecular complexity index is 425. The minimum atomic E-state index is 0.515. The molecule has 1 atom stereocenters. The standard InChI is InChI=1S/C14H20BrN3/c1-9(10-4-2-3-5-10)16-13-8-12(15)17-14(18-13)11-6-7-11/h8-11H,2-7H2,1H3,(H,16,17,18). The Morgan fingerprint density at radius 2 is 1.94 bits per heavy atom. The van der Waals surface area contributed by atoms with Gasteiger partial charge < -0.3 is 5.32 Å². The molecule has 0 radical (unpaired) electrons. The van der Waals surface area contributed by atoms with Crippen molar-refractivity contribution in [2.45, 2.75) is 57.4 Å². The van der Waals surface area contributed by atoms with Gasteiger partial charge in [-0.1, -0.05) is 12.8 Å². The van der Waals surface area contributed by atoms with E-state index in [1.54, 1.807) is 0 Å². The van der Waals surface area contributed by atoms with E-state index in [0.717, 1.165) is 22.2 Å². The Morgan fingerprint density at radius 3 is 2.61 bits per heavy atom. The summed E-state index contributed by atoms with van der Waals surface area (Å²) in [4.78, 5) is 9.12. The van der Waals surface area contributed by atoms with Gasteiger partial charge in [0, 0.05) is 18.0 Å². The molecule has 2 aliphatic rings. The summed E-state index contributed by atoms with van der Waals surface area (Å²) in [5, 5.41) is 3.57. The number of aromatic nitrogens is 2. The third kappa shape index (κ3) is 2.85. The highest BCUT2D eigenvalue weighted by molar-refractivity contribution is 9.10. The van der Waals surface area contributed by atoms with E-state index in [1.165, 1.54) is 38.5 Å². The number of rotatable bonds is 4. The van der Waals surface area contributed by atoms with E-state index >= 15 is 0 Å². The maximum Gasteiger partial charge on any atom is 0.135 e. The molecule has 3 rings (SSSR count). The van der Waals surface area contributed by atoms with Crippen molar-refractivity contribution in [1.82, 2.24) is 9.97 Å². The van der Waals surface area contributed by atoms with Crippen LogP contribution < -0.4 is 5.32 Å². The van der Waals surface area contributed by atoms with Crippen LogP contribution in [0.15, 0.2) is 10.7 Å². The van der Waals surface area contributed by atoms with Gasteiger partial charge in [0.05, 0.1) is 0 Å². The van der Waals surface area contributed by atoms with Crippen LogP contribution in [-0.2, 0) is 0 Å². The molecule has 2 saturated carbocycles. The Labute approximate surface area is 117 Å². The van der Waals surface area contributed by atoms with Crippen molar-refractivity contribution >= 4 is 21.7 Å². The Kier molecular flexibility index (Phi) is 3.55. The molecule has 0 bridgehead atoms. The second kappa shape index (κ2) is 5.16. The van der Waals surface area contributed by atoms with Crippen molar-refractivity contribution in [3.05, 3.63) is 16.5 Å². The number of hydrogen-bond donors (Lipinski definition) is 1. The van der Waals surface area contributed by atoms with Crippen LogP contribution in [0.4, 0.5) is 5.82 Å². The summed E-state index contributed by atoms with van der Waals surface area (Å²) in [5.74, 6) is 3.40. The van der Waals surface area contributed by atoms with Crippen LogP contribution in [0.2, 0.25) is 0 Å². The van der Waals surface area contributed by atoms with Crippen molar-refractivity contribution < 1.29 is 0 Å². The Hall–Kier alpha value is -0.640. The maximum absolute atomic E-state index is 4.65. The van der Waals surface area contributed by atoms with Gasteiger partial charge in [0.1, 0.15) is 16.2 Å². The van der Waals surface area contributed by atoms with Crippen molar-refractivity contribution in [3.8, 4) is 0 Å². The molecule has 1 unspecified atom stereocenters. The van der Waals surface area contributed by atoms with Crippen LogP contribution in [0.1, 0.15) is 57.2 Å². The van der Waals surface area contributed by atoms with Gasteiger partial charge in [-0.05, 0) is 54.5 Å². The quantitative estimate of drug-likeness (QED) is 0.851. The van der Waals surface area contributed by atoms with E-state index in [-0.39, 0.29) is 0 Å². The molecule has 3 nitrogen and oxygen atoms in total. The van der Waals surface area contributed by atoms with E-state index in [1.807, 2.05) is 6.07 Å². The van der Waals surface area contributed by atoms with Crippen LogP contribution in [0.5, 0.6) is 0 Å². The lowest BCUT2D eigenvalue weighted by Gasteiger charge is -2.21. The predicted octanol–water partition coefficient (Wildman–Crippen LogP) is 4.11. The Morgan fingerprint density at radius 1 is 1.22 bits per heavy atom. The number of anilines is 1. The fourth-order valence-electron chi connectivity index (χ4n) is 2.84. The van der Waals surface area contributed by atoms with Gasteiger partial charge in [-0.25, -0.2) is 9.97 Å². The van der Waals surface area contributed by atoms with Gasteiger partial charge in [-0.15, -0.1) is 0 Å². The number of halogens is 1. The molecule has 1 aromatic rings. The lowest BCUT2D eigenvalue weighted by Crippen LogP contribution is -2.24. The highest BCUT2D eigenvalue weighted by atomic mass is 79.9. The molecule has 0 saturated heterocycles.